The maximum Gasteiger partial charge on any atom is 0.194 e. The van der Waals surface area contributed by atoms with Crippen molar-refractivity contribution in [3.63, 3.8) is 0 Å². The Labute approximate surface area is 191 Å². The zero-order valence-electron chi connectivity index (χ0n) is 17.9. The van der Waals surface area contributed by atoms with Gasteiger partial charge < -0.3 is 19.9 Å². The lowest BCUT2D eigenvalue weighted by Crippen LogP contribution is -2.52. The van der Waals surface area contributed by atoms with E-state index < -0.39 is 0 Å². The number of ether oxygens (including phenoxy) is 1. The molecule has 160 valence electrons. The maximum atomic E-state index is 5.18. The standard InChI is InChI=1S/C21H32N6O.HI/c1-17-20(18(2)27(24-17)14-15-28-4)16-23-21(22-3)26-12-10-25(11-13-26)19-8-6-5-7-9-19;/h5-9H,10-16H2,1-4H3,(H,22,23);1H. The fraction of sp³-hybridized carbons (Fsp3) is 0.524. The predicted molar refractivity (Wildman–Crippen MR) is 129 cm³/mol. The molecular weight excluding hydrogens is 479 g/mol. The average molecular weight is 512 g/mol. The number of guanidine groups is 1. The Bertz CT molecular complexity index is 784. The second-order valence-corrected chi connectivity index (χ2v) is 7.08. The Morgan fingerprint density at radius 2 is 1.83 bits per heavy atom. The molecule has 0 saturated carbocycles. The lowest BCUT2D eigenvalue weighted by Gasteiger charge is -2.37. The number of hydrogen-bond donors (Lipinski definition) is 1. The van der Waals surface area contributed by atoms with Crippen LogP contribution in [0.4, 0.5) is 5.69 Å². The first-order valence-corrected chi connectivity index (χ1v) is 9.91. The zero-order valence-corrected chi connectivity index (χ0v) is 20.2. The van der Waals surface area contributed by atoms with E-state index >= 15 is 0 Å². The van der Waals surface area contributed by atoms with Crippen molar-refractivity contribution >= 4 is 35.6 Å². The molecule has 1 aromatic carbocycles. The first-order valence-electron chi connectivity index (χ1n) is 9.91. The molecule has 2 heterocycles. The van der Waals surface area contributed by atoms with Gasteiger partial charge in [0.15, 0.2) is 5.96 Å². The van der Waals surface area contributed by atoms with Crippen LogP contribution in [0, 0.1) is 13.8 Å². The van der Waals surface area contributed by atoms with Crippen LogP contribution in [-0.4, -0.2) is 67.6 Å². The molecule has 0 radical (unpaired) electrons. The smallest absolute Gasteiger partial charge is 0.194 e. The lowest BCUT2D eigenvalue weighted by molar-refractivity contribution is 0.182. The number of anilines is 1. The van der Waals surface area contributed by atoms with Gasteiger partial charge in [-0.3, -0.25) is 9.67 Å². The van der Waals surface area contributed by atoms with E-state index in [2.05, 4.69) is 69.4 Å². The number of piperazine rings is 1. The summed E-state index contributed by atoms with van der Waals surface area (Å²) in [6, 6.07) is 10.6. The predicted octanol–water partition coefficient (Wildman–Crippen LogP) is 2.66. The Morgan fingerprint density at radius 1 is 1.14 bits per heavy atom. The highest BCUT2D eigenvalue weighted by Crippen LogP contribution is 2.16. The molecule has 1 aromatic heterocycles. The van der Waals surface area contributed by atoms with E-state index in [-0.39, 0.29) is 24.0 Å². The van der Waals surface area contributed by atoms with Gasteiger partial charge in [0.25, 0.3) is 0 Å². The summed E-state index contributed by atoms with van der Waals surface area (Å²) in [6.45, 7) is 10.3. The van der Waals surface area contributed by atoms with E-state index in [1.807, 2.05) is 11.7 Å². The topological polar surface area (TPSA) is 57.9 Å². The molecule has 1 aliphatic rings. The first-order chi connectivity index (χ1) is 13.6. The summed E-state index contributed by atoms with van der Waals surface area (Å²) in [5.41, 5.74) is 4.77. The second-order valence-electron chi connectivity index (χ2n) is 7.08. The molecule has 7 nitrogen and oxygen atoms in total. The first kappa shape index (κ1) is 23.5. The van der Waals surface area contributed by atoms with Crippen LogP contribution in [0.1, 0.15) is 17.0 Å². The number of halogens is 1. The van der Waals surface area contributed by atoms with E-state index in [1.54, 1.807) is 7.11 Å². The summed E-state index contributed by atoms with van der Waals surface area (Å²) in [6.07, 6.45) is 0. The SMILES string of the molecule is CN=C(NCc1c(C)nn(CCOC)c1C)N1CCN(c2ccccc2)CC1.I. The third kappa shape index (κ3) is 5.85. The van der Waals surface area contributed by atoms with E-state index in [0.717, 1.165) is 50.9 Å². The maximum absolute atomic E-state index is 5.18. The Balaban J connectivity index is 0.00000300. The lowest BCUT2D eigenvalue weighted by atomic mass is 10.2. The molecule has 29 heavy (non-hydrogen) atoms. The van der Waals surface area contributed by atoms with Crippen LogP contribution in [0.2, 0.25) is 0 Å². The van der Waals surface area contributed by atoms with E-state index in [0.29, 0.717) is 6.61 Å². The Hall–Kier alpha value is -1.81. The number of nitrogens with zero attached hydrogens (tertiary/aromatic N) is 5. The van der Waals surface area contributed by atoms with Gasteiger partial charge in [0, 0.05) is 63.8 Å². The summed E-state index contributed by atoms with van der Waals surface area (Å²) >= 11 is 0. The third-order valence-electron chi connectivity index (χ3n) is 5.37. The molecule has 1 N–H and O–H groups in total. The molecule has 0 spiro atoms. The van der Waals surface area contributed by atoms with Crippen molar-refractivity contribution in [1.82, 2.24) is 20.0 Å². The molecule has 2 aromatic rings. The zero-order chi connectivity index (χ0) is 19.9. The molecule has 3 rings (SSSR count). The molecule has 0 bridgehead atoms. The quantitative estimate of drug-likeness (QED) is 0.367. The number of aromatic nitrogens is 2. The molecule has 0 unspecified atom stereocenters. The van der Waals surface area contributed by atoms with E-state index in [4.69, 9.17) is 4.74 Å². The minimum absolute atomic E-state index is 0. The van der Waals surface area contributed by atoms with Gasteiger partial charge in [-0.15, -0.1) is 24.0 Å². The Kier molecular flexibility index (Phi) is 9.22. The molecule has 0 atom stereocenters. The number of nitrogens with one attached hydrogen (secondary N) is 1. The molecular formula is C21H33IN6O. The van der Waals surface area contributed by atoms with Gasteiger partial charge >= 0.3 is 0 Å². The van der Waals surface area contributed by atoms with Crippen LogP contribution in [0.15, 0.2) is 35.3 Å². The van der Waals surface area contributed by atoms with Crippen molar-refractivity contribution in [3.05, 3.63) is 47.3 Å². The van der Waals surface area contributed by atoms with Crippen molar-refractivity contribution in [2.45, 2.75) is 26.9 Å². The summed E-state index contributed by atoms with van der Waals surface area (Å²) in [4.78, 5) is 9.27. The Morgan fingerprint density at radius 3 is 2.45 bits per heavy atom. The van der Waals surface area contributed by atoms with Crippen molar-refractivity contribution < 1.29 is 4.74 Å². The van der Waals surface area contributed by atoms with E-state index in [9.17, 15) is 0 Å². The van der Waals surface area contributed by atoms with Crippen LogP contribution in [-0.2, 0) is 17.8 Å². The fourth-order valence-electron chi connectivity index (χ4n) is 3.70. The molecule has 8 heteroatoms. The highest BCUT2D eigenvalue weighted by atomic mass is 127. The minimum atomic E-state index is 0. The average Bonchev–Trinajstić information content (AvgIpc) is 3.01. The fourth-order valence-corrected chi connectivity index (χ4v) is 3.70. The van der Waals surface area contributed by atoms with Gasteiger partial charge in [-0.2, -0.15) is 5.10 Å². The van der Waals surface area contributed by atoms with Gasteiger partial charge in [-0.25, -0.2) is 0 Å². The summed E-state index contributed by atoms with van der Waals surface area (Å²) in [5.74, 6) is 0.955. The number of rotatable bonds is 6. The van der Waals surface area contributed by atoms with Crippen molar-refractivity contribution in [2.24, 2.45) is 4.99 Å². The molecule has 0 amide bonds. The number of aryl methyl sites for hydroxylation is 1. The summed E-state index contributed by atoms with van der Waals surface area (Å²) in [7, 11) is 3.57. The number of aliphatic imine (C=N–C) groups is 1. The van der Waals surface area contributed by atoms with Gasteiger partial charge in [0.05, 0.1) is 18.8 Å². The van der Waals surface area contributed by atoms with Crippen LogP contribution < -0.4 is 10.2 Å². The van der Waals surface area contributed by atoms with Crippen molar-refractivity contribution in [3.8, 4) is 0 Å². The second kappa shape index (κ2) is 11.4. The molecule has 0 aliphatic carbocycles. The van der Waals surface area contributed by atoms with Gasteiger partial charge in [-0.05, 0) is 26.0 Å². The number of hydrogen-bond acceptors (Lipinski definition) is 4. The summed E-state index contributed by atoms with van der Waals surface area (Å²) in [5, 5.41) is 8.18. The van der Waals surface area contributed by atoms with Gasteiger partial charge in [0.2, 0.25) is 0 Å². The minimum Gasteiger partial charge on any atom is -0.383 e. The number of para-hydroxylation sites is 1. The van der Waals surface area contributed by atoms with Crippen molar-refractivity contribution in [2.75, 3.05) is 51.8 Å². The third-order valence-corrected chi connectivity index (χ3v) is 5.37. The van der Waals surface area contributed by atoms with Crippen LogP contribution >= 0.6 is 24.0 Å². The number of methoxy groups -OCH3 is 1. The molecule has 1 fully saturated rings. The van der Waals surface area contributed by atoms with Crippen LogP contribution in [0.25, 0.3) is 0 Å². The van der Waals surface area contributed by atoms with Gasteiger partial charge in [0.1, 0.15) is 0 Å². The molecule has 1 saturated heterocycles. The largest absolute Gasteiger partial charge is 0.383 e. The summed E-state index contributed by atoms with van der Waals surface area (Å²) < 4.78 is 7.20. The van der Waals surface area contributed by atoms with Crippen LogP contribution in [0.3, 0.4) is 0 Å². The highest BCUT2D eigenvalue weighted by molar-refractivity contribution is 14.0. The monoisotopic (exact) mass is 512 g/mol. The number of benzene rings is 1. The van der Waals surface area contributed by atoms with Crippen LogP contribution in [0.5, 0.6) is 0 Å². The normalized spacial score (nSPS) is 14.7. The van der Waals surface area contributed by atoms with E-state index in [1.165, 1.54) is 16.9 Å². The highest BCUT2D eigenvalue weighted by Gasteiger charge is 2.20. The molecule has 1 aliphatic heterocycles. The van der Waals surface area contributed by atoms with Gasteiger partial charge in [-0.1, -0.05) is 18.2 Å². The van der Waals surface area contributed by atoms with Crippen molar-refractivity contribution in [1.29, 1.82) is 0 Å².